The Morgan fingerprint density at radius 2 is 1.86 bits per heavy atom. The number of ether oxygens (including phenoxy) is 2. The Labute approximate surface area is 165 Å². The average molecular weight is 379 g/mol. The van der Waals surface area contributed by atoms with Crippen LogP contribution in [0.1, 0.15) is 37.4 Å². The van der Waals surface area contributed by atoms with Crippen LogP contribution in [0.25, 0.3) is 0 Å². The Bertz CT molecular complexity index is 878. The molecular formula is C22H25N3O3. The van der Waals surface area contributed by atoms with Gasteiger partial charge >= 0.3 is 0 Å². The topological polar surface area (TPSA) is 54.4 Å². The predicted octanol–water partition coefficient (Wildman–Crippen LogP) is 3.43. The number of nitrogens with zero attached hydrogens (tertiary/aromatic N) is 3. The SMILES string of the molecule is CCN(CC)CC(=O)N1N=C(c2ccccc2)CC1c1ccc2c(c1)OCO2. The molecule has 0 aliphatic carbocycles. The Kier molecular flexibility index (Phi) is 5.30. The zero-order valence-electron chi connectivity index (χ0n) is 16.3. The number of fused-ring (bicyclic) bond motifs is 1. The predicted molar refractivity (Wildman–Crippen MR) is 108 cm³/mol. The van der Waals surface area contributed by atoms with Gasteiger partial charge in [0.25, 0.3) is 5.91 Å². The van der Waals surface area contributed by atoms with Crippen LogP contribution in [-0.4, -0.2) is 48.0 Å². The minimum Gasteiger partial charge on any atom is -0.454 e. The molecule has 0 spiro atoms. The average Bonchev–Trinajstić information content (AvgIpc) is 3.39. The molecular weight excluding hydrogens is 354 g/mol. The molecule has 2 aliphatic heterocycles. The summed E-state index contributed by atoms with van der Waals surface area (Å²) >= 11 is 0. The van der Waals surface area contributed by atoms with E-state index in [9.17, 15) is 4.79 Å². The molecule has 0 saturated heterocycles. The van der Waals surface area contributed by atoms with Gasteiger partial charge in [0.05, 0.1) is 18.3 Å². The van der Waals surface area contributed by atoms with E-state index in [2.05, 4.69) is 18.7 Å². The van der Waals surface area contributed by atoms with E-state index in [0.29, 0.717) is 13.0 Å². The summed E-state index contributed by atoms with van der Waals surface area (Å²) in [5, 5.41) is 6.38. The fraction of sp³-hybridized carbons (Fsp3) is 0.364. The summed E-state index contributed by atoms with van der Waals surface area (Å²) in [4.78, 5) is 15.2. The van der Waals surface area contributed by atoms with Crippen molar-refractivity contribution in [3.05, 3.63) is 59.7 Å². The van der Waals surface area contributed by atoms with Gasteiger partial charge in [0.1, 0.15) is 0 Å². The number of carbonyl (C=O) groups excluding carboxylic acids is 1. The van der Waals surface area contributed by atoms with Gasteiger partial charge in [0.2, 0.25) is 6.79 Å². The maximum absolute atomic E-state index is 13.1. The van der Waals surface area contributed by atoms with E-state index in [-0.39, 0.29) is 18.7 Å². The largest absolute Gasteiger partial charge is 0.454 e. The van der Waals surface area contributed by atoms with E-state index in [1.165, 1.54) is 0 Å². The molecule has 1 atom stereocenters. The second-order valence-electron chi connectivity index (χ2n) is 6.95. The van der Waals surface area contributed by atoms with Crippen LogP contribution < -0.4 is 9.47 Å². The fourth-order valence-corrected chi connectivity index (χ4v) is 3.64. The fourth-order valence-electron chi connectivity index (χ4n) is 3.64. The van der Waals surface area contributed by atoms with Gasteiger partial charge in [-0.1, -0.05) is 50.2 Å². The zero-order chi connectivity index (χ0) is 19.5. The Morgan fingerprint density at radius 3 is 2.61 bits per heavy atom. The van der Waals surface area contributed by atoms with Gasteiger partial charge in [0.15, 0.2) is 11.5 Å². The second-order valence-corrected chi connectivity index (χ2v) is 6.95. The summed E-state index contributed by atoms with van der Waals surface area (Å²) in [7, 11) is 0. The van der Waals surface area contributed by atoms with Gasteiger partial charge in [-0.05, 0) is 36.3 Å². The molecule has 0 fully saturated rings. The molecule has 1 amide bonds. The first-order valence-electron chi connectivity index (χ1n) is 9.76. The minimum absolute atomic E-state index is 0.0114. The highest BCUT2D eigenvalue weighted by atomic mass is 16.7. The lowest BCUT2D eigenvalue weighted by atomic mass is 9.98. The number of benzene rings is 2. The summed E-state index contributed by atoms with van der Waals surface area (Å²) in [6, 6.07) is 15.8. The van der Waals surface area contributed by atoms with Crippen molar-refractivity contribution in [3.63, 3.8) is 0 Å². The number of hydrazone groups is 1. The number of hydrogen-bond donors (Lipinski definition) is 0. The molecule has 28 heavy (non-hydrogen) atoms. The van der Waals surface area contributed by atoms with Crippen LogP contribution in [0.15, 0.2) is 53.6 Å². The molecule has 4 rings (SSSR count). The number of likely N-dealkylation sites (N-methyl/N-ethyl adjacent to an activating group) is 1. The van der Waals surface area contributed by atoms with Crippen molar-refractivity contribution < 1.29 is 14.3 Å². The van der Waals surface area contributed by atoms with E-state index >= 15 is 0 Å². The molecule has 0 radical (unpaired) electrons. The van der Waals surface area contributed by atoms with Crippen molar-refractivity contribution in [1.82, 2.24) is 9.91 Å². The van der Waals surface area contributed by atoms with Crippen LogP contribution in [0.5, 0.6) is 11.5 Å². The van der Waals surface area contributed by atoms with E-state index in [4.69, 9.17) is 14.6 Å². The molecule has 2 aromatic rings. The summed E-state index contributed by atoms with van der Waals surface area (Å²) in [5.41, 5.74) is 2.98. The molecule has 2 aromatic carbocycles. The van der Waals surface area contributed by atoms with Gasteiger partial charge in [-0.15, -0.1) is 0 Å². The first-order valence-corrected chi connectivity index (χ1v) is 9.76. The van der Waals surface area contributed by atoms with Gasteiger partial charge in [0, 0.05) is 6.42 Å². The second kappa shape index (κ2) is 8.02. The molecule has 0 saturated carbocycles. The first kappa shape index (κ1) is 18.5. The highest BCUT2D eigenvalue weighted by molar-refractivity contribution is 6.03. The van der Waals surface area contributed by atoms with Gasteiger partial charge in [-0.3, -0.25) is 9.69 Å². The van der Waals surface area contributed by atoms with Crippen molar-refractivity contribution in [2.45, 2.75) is 26.3 Å². The lowest BCUT2D eigenvalue weighted by molar-refractivity contribution is -0.134. The van der Waals surface area contributed by atoms with Gasteiger partial charge < -0.3 is 9.47 Å². The van der Waals surface area contributed by atoms with Gasteiger partial charge in [-0.25, -0.2) is 5.01 Å². The van der Waals surface area contributed by atoms with Gasteiger partial charge in [-0.2, -0.15) is 5.10 Å². The highest BCUT2D eigenvalue weighted by Gasteiger charge is 2.34. The molecule has 1 unspecified atom stereocenters. The van der Waals surface area contributed by atoms with Crippen molar-refractivity contribution in [2.75, 3.05) is 26.4 Å². The van der Waals surface area contributed by atoms with E-state index in [0.717, 1.165) is 41.4 Å². The third kappa shape index (κ3) is 3.60. The summed E-state index contributed by atoms with van der Waals surface area (Å²) in [5.74, 6) is 1.48. The number of amides is 1. The summed E-state index contributed by atoms with van der Waals surface area (Å²) in [6.45, 7) is 6.39. The lowest BCUT2D eigenvalue weighted by Gasteiger charge is -2.25. The van der Waals surface area contributed by atoms with E-state index < -0.39 is 0 Å². The van der Waals surface area contributed by atoms with E-state index in [1.807, 2.05) is 48.5 Å². The molecule has 0 bridgehead atoms. The summed E-state index contributed by atoms with van der Waals surface area (Å²) < 4.78 is 11.0. The highest BCUT2D eigenvalue weighted by Crippen LogP contribution is 2.39. The van der Waals surface area contributed by atoms with Crippen LogP contribution >= 0.6 is 0 Å². The normalized spacial score (nSPS) is 17.9. The van der Waals surface area contributed by atoms with Crippen LogP contribution in [0.2, 0.25) is 0 Å². The van der Waals surface area contributed by atoms with Crippen LogP contribution in [0.4, 0.5) is 0 Å². The van der Waals surface area contributed by atoms with Crippen molar-refractivity contribution in [1.29, 1.82) is 0 Å². The summed E-state index contributed by atoms with van der Waals surface area (Å²) in [6.07, 6.45) is 0.674. The molecule has 146 valence electrons. The first-order chi connectivity index (χ1) is 13.7. The maximum atomic E-state index is 13.1. The van der Waals surface area contributed by atoms with Crippen molar-refractivity contribution in [2.24, 2.45) is 5.10 Å². The van der Waals surface area contributed by atoms with Crippen molar-refractivity contribution in [3.8, 4) is 11.5 Å². The molecule has 6 nitrogen and oxygen atoms in total. The molecule has 0 aromatic heterocycles. The number of hydrogen-bond acceptors (Lipinski definition) is 5. The molecule has 2 heterocycles. The number of carbonyl (C=O) groups is 1. The minimum atomic E-state index is -0.146. The Hall–Kier alpha value is -2.86. The number of rotatable bonds is 6. The van der Waals surface area contributed by atoms with Crippen LogP contribution in [0.3, 0.4) is 0 Å². The zero-order valence-corrected chi connectivity index (χ0v) is 16.3. The molecule has 0 N–H and O–H groups in total. The molecule has 6 heteroatoms. The van der Waals surface area contributed by atoms with Crippen LogP contribution in [-0.2, 0) is 4.79 Å². The maximum Gasteiger partial charge on any atom is 0.257 e. The van der Waals surface area contributed by atoms with E-state index in [1.54, 1.807) is 5.01 Å². The Balaban J connectivity index is 1.64. The van der Waals surface area contributed by atoms with Crippen LogP contribution in [0, 0.1) is 0 Å². The van der Waals surface area contributed by atoms with Crippen molar-refractivity contribution >= 4 is 11.6 Å². The standard InChI is InChI=1S/C22H25N3O3/c1-3-24(4-2)14-22(26)25-19(13-18(23-25)16-8-6-5-7-9-16)17-10-11-20-21(12-17)28-15-27-20/h5-12,19H,3-4,13-15H2,1-2H3. The molecule has 2 aliphatic rings. The third-order valence-corrected chi connectivity index (χ3v) is 5.31. The lowest BCUT2D eigenvalue weighted by Crippen LogP contribution is -2.38. The third-order valence-electron chi connectivity index (χ3n) is 5.31. The smallest absolute Gasteiger partial charge is 0.257 e. The quantitative estimate of drug-likeness (QED) is 0.772. The Morgan fingerprint density at radius 1 is 1.11 bits per heavy atom. The monoisotopic (exact) mass is 379 g/mol.